The average Bonchev–Trinajstić information content (AvgIpc) is 2.73. The van der Waals surface area contributed by atoms with Crippen LogP contribution >= 0.6 is 24.0 Å². The van der Waals surface area contributed by atoms with Crippen LogP contribution in [0, 0.1) is 0 Å². The van der Waals surface area contributed by atoms with E-state index in [1.165, 1.54) is 4.90 Å². The molecule has 1 aliphatic rings. The van der Waals surface area contributed by atoms with Crippen LogP contribution in [0.4, 0.5) is 0 Å². The summed E-state index contributed by atoms with van der Waals surface area (Å²) in [6.45, 7) is 2.31. The monoisotopic (exact) mass is 373 g/mol. The molecule has 1 saturated heterocycles. The number of ether oxygens (including phenoxy) is 1. The van der Waals surface area contributed by atoms with Gasteiger partial charge in [0.05, 0.1) is 17.3 Å². The summed E-state index contributed by atoms with van der Waals surface area (Å²) < 4.78 is 36.0. The molecule has 0 bridgehead atoms. The quantitative estimate of drug-likeness (QED) is 0.465. The zero-order chi connectivity index (χ0) is 17.0. The van der Waals surface area contributed by atoms with Gasteiger partial charge in [0.1, 0.15) is 10.1 Å². The van der Waals surface area contributed by atoms with E-state index in [1.807, 2.05) is 19.1 Å². The van der Waals surface area contributed by atoms with Crippen LogP contribution in [-0.4, -0.2) is 47.0 Å². The van der Waals surface area contributed by atoms with E-state index in [0.717, 1.165) is 23.1 Å². The molecule has 1 fully saturated rings. The van der Waals surface area contributed by atoms with Gasteiger partial charge in [-0.3, -0.25) is 14.2 Å². The van der Waals surface area contributed by atoms with Gasteiger partial charge in [-0.05, 0) is 30.7 Å². The van der Waals surface area contributed by atoms with Gasteiger partial charge in [0.15, 0.2) is 0 Å². The van der Waals surface area contributed by atoms with E-state index in [4.69, 9.17) is 21.5 Å². The number of hydrogen-bond donors (Lipinski definition) is 1. The molecule has 9 heteroatoms. The van der Waals surface area contributed by atoms with E-state index in [2.05, 4.69) is 0 Å². The summed E-state index contributed by atoms with van der Waals surface area (Å²) >= 11 is 6.19. The summed E-state index contributed by atoms with van der Waals surface area (Å²) in [4.78, 5) is 13.8. The highest BCUT2D eigenvalue weighted by Crippen LogP contribution is 2.32. The molecule has 1 aliphatic heterocycles. The summed E-state index contributed by atoms with van der Waals surface area (Å²) in [5.41, 5.74) is 0.809. The molecule has 124 valence electrons. The van der Waals surface area contributed by atoms with E-state index >= 15 is 0 Å². The van der Waals surface area contributed by atoms with Crippen LogP contribution in [0.2, 0.25) is 0 Å². The molecule has 0 aromatic heterocycles. The van der Waals surface area contributed by atoms with Crippen molar-refractivity contribution in [3.63, 3.8) is 0 Å². The predicted octanol–water partition coefficient (Wildman–Crippen LogP) is 2.17. The Hall–Kier alpha value is -1.42. The first-order valence-corrected chi connectivity index (χ1v) is 9.57. The molecule has 1 aromatic rings. The molecule has 1 amide bonds. The van der Waals surface area contributed by atoms with Crippen LogP contribution in [0.15, 0.2) is 29.2 Å². The summed E-state index contributed by atoms with van der Waals surface area (Å²) in [5.74, 6) is -0.168. The van der Waals surface area contributed by atoms with Crippen LogP contribution < -0.4 is 4.74 Å². The number of amides is 1. The van der Waals surface area contributed by atoms with E-state index in [9.17, 15) is 13.2 Å². The van der Waals surface area contributed by atoms with Crippen molar-refractivity contribution in [1.29, 1.82) is 0 Å². The minimum absolute atomic E-state index is 0.163. The molecule has 6 nitrogen and oxygen atoms in total. The highest BCUT2D eigenvalue weighted by molar-refractivity contribution is 8.26. The number of benzene rings is 1. The molecule has 0 radical (unpaired) electrons. The fourth-order valence-corrected chi connectivity index (χ4v) is 3.60. The number of thioether (sulfide) groups is 1. The van der Waals surface area contributed by atoms with Gasteiger partial charge in [0.2, 0.25) is 0 Å². The Bertz CT molecular complexity index is 740. The first-order valence-electron chi connectivity index (χ1n) is 6.73. The zero-order valence-corrected chi connectivity index (χ0v) is 14.7. The minimum Gasteiger partial charge on any atom is -0.494 e. The highest BCUT2D eigenvalue weighted by atomic mass is 32.2. The van der Waals surface area contributed by atoms with Crippen molar-refractivity contribution in [3.05, 3.63) is 34.7 Å². The Balaban J connectivity index is 2.11. The summed E-state index contributed by atoms with van der Waals surface area (Å²) in [7, 11) is -4.14. The van der Waals surface area contributed by atoms with E-state index in [-0.39, 0.29) is 16.8 Å². The smallest absolute Gasteiger partial charge is 0.266 e. The number of carbonyl (C=O) groups excluding carboxylic acids is 1. The van der Waals surface area contributed by atoms with Crippen LogP contribution in [0.5, 0.6) is 5.75 Å². The maximum absolute atomic E-state index is 12.3. The average molecular weight is 373 g/mol. The van der Waals surface area contributed by atoms with Crippen molar-refractivity contribution >= 4 is 50.4 Å². The van der Waals surface area contributed by atoms with Gasteiger partial charge in [-0.15, -0.1) is 0 Å². The second-order valence-electron chi connectivity index (χ2n) is 4.62. The van der Waals surface area contributed by atoms with Gasteiger partial charge in [0, 0.05) is 6.54 Å². The van der Waals surface area contributed by atoms with Gasteiger partial charge < -0.3 is 4.74 Å². The Morgan fingerprint density at radius 2 is 2.00 bits per heavy atom. The van der Waals surface area contributed by atoms with Crippen LogP contribution in [0.1, 0.15) is 12.5 Å². The number of nitrogens with zero attached hydrogens (tertiary/aromatic N) is 1. The van der Waals surface area contributed by atoms with E-state index in [1.54, 1.807) is 18.2 Å². The first kappa shape index (κ1) is 17.9. The number of rotatable bonds is 6. The molecular weight excluding hydrogens is 358 g/mol. The van der Waals surface area contributed by atoms with Gasteiger partial charge >= 0.3 is 0 Å². The Labute approximate surface area is 144 Å². The normalized spacial score (nSPS) is 17.1. The molecule has 1 N–H and O–H groups in total. The maximum Gasteiger partial charge on any atom is 0.266 e. The van der Waals surface area contributed by atoms with Crippen molar-refractivity contribution in [3.8, 4) is 5.75 Å². The maximum atomic E-state index is 12.3. The standard InChI is InChI=1S/C14H15NO5S3/c1-2-20-11-5-3-10(4-6-11)9-12-13(16)15(14(21)22-12)7-8-23(17,18)19/h3-6,9H,2,7-8H2,1H3,(H,17,18,19). The lowest BCUT2D eigenvalue weighted by Crippen LogP contribution is -2.32. The second-order valence-corrected chi connectivity index (χ2v) is 7.87. The molecule has 1 aromatic carbocycles. The third-order valence-corrected chi connectivity index (χ3v) is 5.01. The predicted molar refractivity (Wildman–Crippen MR) is 93.9 cm³/mol. The molecule has 0 saturated carbocycles. The van der Waals surface area contributed by atoms with E-state index < -0.39 is 15.9 Å². The van der Waals surface area contributed by atoms with Crippen molar-refractivity contribution in [1.82, 2.24) is 4.90 Å². The lowest BCUT2D eigenvalue weighted by Gasteiger charge is -2.12. The number of carbonyl (C=O) groups is 1. The minimum atomic E-state index is -4.14. The van der Waals surface area contributed by atoms with Gasteiger partial charge in [0.25, 0.3) is 16.0 Å². The first-order chi connectivity index (χ1) is 10.8. The highest BCUT2D eigenvalue weighted by Gasteiger charge is 2.32. The molecule has 0 unspecified atom stereocenters. The lowest BCUT2D eigenvalue weighted by molar-refractivity contribution is -0.121. The molecule has 1 heterocycles. The van der Waals surface area contributed by atoms with Crippen LogP contribution in [0.25, 0.3) is 6.08 Å². The van der Waals surface area contributed by atoms with Crippen molar-refractivity contribution < 1.29 is 22.5 Å². The molecule has 0 spiro atoms. The zero-order valence-electron chi connectivity index (χ0n) is 12.3. The molecule has 2 rings (SSSR count). The summed E-state index contributed by atoms with van der Waals surface area (Å²) in [6.07, 6.45) is 1.68. The van der Waals surface area contributed by atoms with E-state index in [0.29, 0.717) is 11.5 Å². The Morgan fingerprint density at radius 3 is 2.57 bits per heavy atom. The third kappa shape index (κ3) is 5.03. The van der Waals surface area contributed by atoms with Gasteiger partial charge in [-0.25, -0.2) is 0 Å². The van der Waals surface area contributed by atoms with Crippen LogP contribution in [0.3, 0.4) is 0 Å². The Morgan fingerprint density at radius 1 is 1.35 bits per heavy atom. The second kappa shape index (κ2) is 7.43. The molecule has 23 heavy (non-hydrogen) atoms. The largest absolute Gasteiger partial charge is 0.494 e. The van der Waals surface area contributed by atoms with Gasteiger partial charge in [-0.1, -0.05) is 36.1 Å². The fourth-order valence-electron chi connectivity index (χ4n) is 1.88. The lowest BCUT2D eigenvalue weighted by atomic mass is 10.2. The summed E-state index contributed by atoms with van der Waals surface area (Å²) in [6, 6.07) is 7.23. The van der Waals surface area contributed by atoms with Gasteiger partial charge in [-0.2, -0.15) is 8.42 Å². The number of hydrogen-bond acceptors (Lipinski definition) is 6. The summed E-state index contributed by atoms with van der Waals surface area (Å²) in [5, 5.41) is 0. The molecular formula is C14H15NO5S3. The topological polar surface area (TPSA) is 83.9 Å². The van der Waals surface area contributed by atoms with Crippen molar-refractivity contribution in [2.75, 3.05) is 18.9 Å². The SMILES string of the molecule is CCOc1ccc(C=C2SC(=S)N(CCS(=O)(=O)O)C2=O)cc1. The van der Waals surface area contributed by atoms with Crippen LogP contribution in [-0.2, 0) is 14.9 Å². The third-order valence-electron chi connectivity index (χ3n) is 2.94. The molecule has 0 atom stereocenters. The van der Waals surface area contributed by atoms with Crippen molar-refractivity contribution in [2.45, 2.75) is 6.92 Å². The molecule has 0 aliphatic carbocycles. The fraction of sp³-hybridized carbons (Fsp3) is 0.286. The Kier molecular flexibility index (Phi) is 5.79. The van der Waals surface area contributed by atoms with Crippen molar-refractivity contribution in [2.24, 2.45) is 0 Å². The number of thiocarbonyl (C=S) groups is 1.